The Balaban J connectivity index is 2.31. The molecule has 0 aliphatic heterocycles. The Morgan fingerprint density at radius 1 is 1.35 bits per heavy atom. The van der Waals surface area contributed by atoms with Crippen molar-refractivity contribution < 1.29 is 4.39 Å². The van der Waals surface area contributed by atoms with Crippen molar-refractivity contribution in [1.29, 1.82) is 0 Å². The molecule has 0 aliphatic carbocycles. The number of benzene rings is 1. The maximum Gasteiger partial charge on any atom is 0.207 e. The quantitative estimate of drug-likeness (QED) is 0.876. The molecule has 2 aromatic rings. The summed E-state index contributed by atoms with van der Waals surface area (Å²) in [7, 11) is 0. The van der Waals surface area contributed by atoms with E-state index in [4.69, 9.17) is 0 Å². The number of hydrogen-bond acceptors (Lipinski definition) is 2. The van der Waals surface area contributed by atoms with Crippen LogP contribution in [0.5, 0.6) is 0 Å². The van der Waals surface area contributed by atoms with Crippen LogP contribution in [0.2, 0.25) is 0 Å². The Labute approximate surface area is 100 Å². The lowest BCUT2D eigenvalue weighted by Crippen LogP contribution is -2.06. The van der Waals surface area contributed by atoms with E-state index in [-0.39, 0.29) is 11.9 Å². The Hall–Kier alpha value is -1.84. The predicted octanol–water partition coefficient (Wildman–Crippen LogP) is 3.66. The third kappa shape index (κ3) is 2.46. The van der Waals surface area contributed by atoms with Gasteiger partial charge in [0.2, 0.25) is 5.95 Å². The second-order valence-electron chi connectivity index (χ2n) is 4.36. The first-order chi connectivity index (χ1) is 8.08. The molecule has 0 saturated carbocycles. The summed E-state index contributed by atoms with van der Waals surface area (Å²) in [4.78, 5) is 4.19. The second kappa shape index (κ2) is 4.57. The van der Waals surface area contributed by atoms with Gasteiger partial charge < -0.3 is 9.88 Å². The van der Waals surface area contributed by atoms with Crippen molar-refractivity contribution in [2.45, 2.75) is 26.8 Å². The minimum absolute atomic E-state index is 0.270. The highest BCUT2D eigenvalue weighted by molar-refractivity contribution is 5.55. The number of rotatable bonds is 3. The van der Waals surface area contributed by atoms with Crippen molar-refractivity contribution in [3.63, 3.8) is 0 Å². The van der Waals surface area contributed by atoms with Crippen LogP contribution in [0.15, 0.2) is 30.6 Å². The number of aryl methyl sites for hydroxylation is 1. The molecule has 1 aromatic carbocycles. The maximum atomic E-state index is 13.6. The molecular formula is C13H16FN3. The van der Waals surface area contributed by atoms with Gasteiger partial charge in [0, 0.05) is 18.4 Å². The highest BCUT2D eigenvalue weighted by atomic mass is 19.1. The SMILES string of the molecule is Cc1ccc(F)c(Nc2nccn2C(C)C)c1. The molecular weight excluding hydrogens is 217 g/mol. The van der Waals surface area contributed by atoms with E-state index in [0.717, 1.165) is 5.56 Å². The smallest absolute Gasteiger partial charge is 0.207 e. The molecule has 0 amide bonds. The average molecular weight is 233 g/mol. The highest BCUT2D eigenvalue weighted by Crippen LogP contribution is 2.21. The minimum Gasteiger partial charge on any atom is -0.323 e. The number of anilines is 2. The molecule has 1 aromatic heterocycles. The fraction of sp³-hybridized carbons (Fsp3) is 0.308. The van der Waals surface area contributed by atoms with Gasteiger partial charge in [0.05, 0.1) is 5.69 Å². The monoisotopic (exact) mass is 233 g/mol. The van der Waals surface area contributed by atoms with Crippen molar-refractivity contribution in [3.8, 4) is 0 Å². The Bertz CT molecular complexity index is 517. The average Bonchev–Trinajstić information content (AvgIpc) is 2.71. The molecule has 0 spiro atoms. The van der Waals surface area contributed by atoms with E-state index in [1.165, 1.54) is 6.07 Å². The fourth-order valence-corrected chi connectivity index (χ4v) is 1.68. The van der Waals surface area contributed by atoms with E-state index in [0.29, 0.717) is 11.6 Å². The number of nitrogens with one attached hydrogen (secondary N) is 1. The Kier molecular flexibility index (Phi) is 3.13. The summed E-state index contributed by atoms with van der Waals surface area (Å²) >= 11 is 0. The third-order valence-corrected chi connectivity index (χ3v) is 2.59. The van der Waals surface area contributed by atoms with Crippen LogP contribution in [-0.4, -0.2) is 9.55 Å². The van der Waals surface area contributed by atoms with Gasteiger partial charge in [-0.3, -0.25) is 0 Å². The van der Waals surface area contributed by atoms with E-state index >= 15 is 0 Å². The molecule has 1 N–H and O–H groups in total. The van der Waals surface area contributed by atoms with Crippen molar-refractivity contribution >= 4 is 11.6 Å². The molecule has 3 nitrogen and oxygen atoms in total. The molecule has 0 radical (unpaired) electrons. The Morgan fingerprint density at radius 2 is 2.12 bits per heavy atom. The molecule has 0 bridgehead atoms. The molecule has 0 fully saturated rings. The van der Waals surface area contributed by atoms with Crippen molar-refractivity contribution in [1.82, 2.24) is 9.55 Å². The largest absolute Gasteiger partial charge is 0.323 e. The molecule has 0 aliphatic rings. The standard InChI is InChI=1S/C13H16FN3/c1-9(2)17-7-6-15-13(17)16-12-8-10(3)4-5-11(12)14/h4-9H,1-3H3,(H,15,16). The predicted molar refractivity (Wildman–Crippen MR) is 67.0 cm³/mol. The van der Waals surface area contributed by atoms with Crippen LogP contribution in [0.1, 0.15) is 25.5 Å². The zero-order valence-corrected chi connectivity index (χ0v) is 10.2. The number of aromatic nitrogens is 2. The summed E-state index contributed by atoms with van der Waals surface area (Å²) < 4.78 is 15.6. The van der Waals surface area contributed by atoms with E-state index < -0.39 is 0 Å². The zero-order chi connectivity index (χ0) is 12.4. The maximum absolute atomic E-state index is 13.6. The van der Waals surface area contributed by atoms with E-state index in [1.54, 1.807) is 18.3 Å². The van der Waals surface area contributed by atoms with Gasteiger partial charge in [0.15, 0.2) is 0 Å². The first-order valence-electron chi connectivity index (χ1n) is 5.64. The second-order valence-corrected chi connectivity index (χ2v) is 4.36. The summed E-state index contributed by atoms with van der Waals surface area (Å²) in [6.45, 7) is 6.04. The lowest BCUT2D eigenvalue weighted by molar-refractivity contribution is 0.604. The van der Waals surface area contributed by atoms with Crippen LogP contribution >= 0.6 is 0 Å². The molecule has 1 heterocycles. The summed E-state index contributed by atoms with van der Waals surface area (Å²) in [5, 5.41) is 3.02. The number of halogens is 1. The van der Waals surface area contributed by atoms with Crippen LogP contribution in [0.4, 0.5) is 16.0 Å². The molecule has 0 unspecified atom stereocenters. The first kappa shape index (κ1) is 11.6. The molecule has 17 heavy (non-hydrogen) atoms. The van der Waals surface area contributed by atoms with Crippen molar-refractivity contribution in [3.05, 3.63) is 42.0 Å². The summed E-state index contributed by atoms with van der Waals surface area (Å²) in [6.07, 6.45) is 3.58. The number of hydrogen-bond donors (Lipinski definition) is 1. The zero-order valence-electron chi connectivity index (χ0n) is 10.2. The van der Waals surface area contributed by atoms with Crippen molar-refractivity contribution in [2.24, 2.45) is 0 Å². The highest BCUT2D eigenvalue weighted by Gasteiger charge is 2.08. The molecule has 90 valence electrons. The van der Waals surface area contributed by atoms with Gasteiger partial charge in [-0.05, 0) is 38.5 Å². The third-order valence-electron chi connectivity index (χ3n) is 2.59. The van der Waals surface area contributed by atoms with Gasteiger partial charge in [0.1, 0.15) is 5.82 Å². The first-order valence-corrected chi connectivity index (χ1v) is 5.64. The van der Waals surface area contributed by atoms with Gasteiger partial charge in [-0.15, -0.1) is 0 Å². The molecule has 4 heteroatoms. The van der Waals surface area contributed by atoms with Gasteiger partial charge in [-0.25, -0.2) is 9.37 Å². The van der Waals surface area contributed by atoms with Gasteiger partial charge >= 0.3 is 0 Å². The van der Waals surface area contributed by atoms with E-state index in [9.17, 15) is 4.39 Å². The fourth-order valence-electron chi connectivity index (χ4n) is 1.68. The molecule has 0 atom stereocenters. The van der Waals surface area contributed by atoms with Gasteiger partial charge in [0.25, 0.3) is 0 Å². The van der Waals surface area contributed by atoms with Gasteiger partial charge in [-0.1, -0.05) is 6.07 Å². The van der Waals surface area contributed by atoms with E-state index in [2.05, 4.69) is 24.1 Å². The number of nitrogens with zero attached hydrogens (tertiary/aromatic N) is 2. The van der Waals surface area contributed by atoms with Gasteiger partial charge in [-0.2, -0.15) is 0 Å². The van der Waals surface area contributed by atoms with Crippen LogP contribution in [-0.2, 0) is 0 Å². The van der Waals surface area contributed by atoms with E-state index in [1.807, 2.05) is 17.7 Å². The molecule has 2 rings (SSSR count). The van der Waals surface area contributed by atoms with Crippen LogP contribution < -0.4 is 5.32 Å². The van der Waals surface area contributed by atoms with Crippen LogP contribution in [0.25, 0.3) is 0 Å². The normalized spacial score (nSPS) is 10.9. The summed E-state index contributed by atoms with van der Waals surface area (Å²) in [5.74, 6) is 0.387. The minimum atomic E-state index is -0.270. The lowest BCUT2D eigenvalue weighted by Gasteiger charge is -2.13. The van der Waals surface area contributed by atoms with Crippen molar-refractivity contribution in [2.75, 3.05) is 5.32 Å². The lowest BCUT2D eigenvalue weighted by atomic mass is 10.2. The number of imidazole rings is 1. The molecule has 0 saturated heterocycles. The Morgan fingerprint density at radius 3 is 2.82 bits per heavy atom. The summed E-state index contributed by atoms with van der Waals surface area (Å²) in [6, 6.07) is 5.26. The van der Waals surface area contributed by atoms with Crippen LogP contribution in [0.3, 0.4) is 0 Å². The topological polar surface area (TPSA) is 29.9 Å². The summed E-state index contributed by atoms with van der Waals surface area (Å²) in [5.41, 5.74) is 1.47. The van der Waals surface area contributed by atoms with Crippen LogP contribution in [0, 0.1) is 12.7 Å².